The molecule has 3 heteroatoms. The molecule has 1 aliphatic rings. The van der Waals surface area contributed by atoms with Crippen LogP contribution in [-0.4, -0.2) is 25.8 Å². The van der Waals surface area contributed by atoms with Crippen LogP contribution in [0.4, 0.5) is 0 Å². The molecule has 0 amide bonds. The highest BCUT2D eigenvalue weighted by Gasteiger charge is 2.14. The van der Waals surface area contributed by atoms with Gasteiger partial charge in [-0.25, -0.2) is 0 Å². The van der Waals surface area contributed by atoms with Crippen molar-refractivity contribution < 1.29 is 9.47 Å². The molecule has 1 atom stereocenters. The lowest BCUT2D eigenvalue weighted by molar-refractivity contribution is 0.204. The predicted octanol–water partition coefficient (Wildman–Crippen LogP) is 3.38. The Labute approximate surface area is 116 Å². The van der Waals surface area contributed by atoms with Crippen LogP contribution in [0.2, 0.25) is 0 Å². The van der Waals surface area contributed by atoms with Crippen molar-refractivity contribution in [1.82, 2.24) is 5.32 Å². The highest BCUT2D eigenvalue weighted by atomic mass is 16.5. The number of benzene rings is 1. The first-order chi connectivity index (χ1) is 9.28. The number of hydrogen-bond donors (Lipinski definition) is 1. The van der Waals surface area contributed by atoms with Gasteiger partial charge in [0.1, 0.15) is 17.6 Å². The molecule has 1 saturated carbocycles. The summed E-state index contributed by atoms with van der Waals surface area (Å²) >= 11 is 0. The third-order valence-corrected chi connectivity index (χ3v) is 3.68. The molecule has 0 bridgehead atoms. The Morgan fingerprint density at radius 3 is 2.68 bits per heavy atom. The Bertz CT molecular complexity index is 375. The van der Waals surface area contributed by atoms with E-state index in [1.807, 2.05) is 24.3 Å². The van der Waals surface area contributed by atoms with Gasteiger partial charge < -0.3 is 14.8 Å². The van der Waals surface area contributed by atoms with E-state index in [0.29, 0.717) is 6.04 Å². The van der Waals surface area contributed by atoms with Gasteiger partial charge in [0, 0.05) is 18.7 Å². The standard InChI is InChI=1S/C16H25NO2/c1-13(12-17-14-7-4-3-5-8-14)19-16-10-6-9-15(11-16)18-2/h6,9-11,13-14,17H,3-5,7-8,12H2,1-2H3. The van der Waals surface area contributed by atoms with E-state index in [4.69, 9.17) is 9.47 Å². The second-order valence-corrected chi connectivity index (χ2v) is 5.35. The van der Waals surface area contributed by atoms with Gasteiger partial charge in [-0.15, -0.1) is 0 Å². The van der Waals surface area contributed by atoms with Crippen molar-refractivity contribution >= 4 is 0 Å². The van der Waals surface area contributed by atoms with Crippen molar-refractivity contribution in [3.8, 4) is 11.5 Å². The zero-order valence-corrected chi connectivity index (χ0v) is 12.0. The molecule has 0 radical (unpaired) electrons. The summed E-state index contributed by atoms with van der Waals surface area (Å²) in [6.45, 7) is 3.01. The lowest BCUT2D eigenvalue weighted by Crippen LogP contribution is -2.37. The maximum atomic E-state index is 5.91. The van der Waals surface area contributed by atoms with Gasteiger partial charge in [-0.05, 0) is 31.9 Å². The first-order valence-electron chi connectivity index (χ1n) is 7.32. The topological polar surface area (TPSA) is 30.5 Å². The molecule has 19 heavy (non-hydrogen) atoms. The summed E-state index contributed by atoms with van der Waals surface area (Å²) in [6.07, 6.45) is 6.92. The average molecular weight is 263 g/mol. The number of nitrogens with one attached hydrogen (secondary N) is 1. The molecular weight excluding hydrogens is 238 g/mol. The fourth-order valence-electron chi connectivity index (χ4n) is 2.59. The van der Waals surface area contributed by atoms with Gasteiger partial charge in [0.05, 0.1) is 7.11 Å². The minimum Gasteiger partial charge on any atom is -0.497 e. The van der Waals surface area contributed by atoms with E-state index in [-0.39, 0.29) is 6.10 Å². The predicted molar refractivity (Wildman–Crippen MR) is 78.0 cm³/mol. The molecule has 1 aliphatic carbocycles. The zero-order valence-electron chi connectivity index (χ0n) is 12.0. The van der Waals surface area contributed by atoms with E-state index in [1.165, 1.54) is 32.1 Å². The van der Waals surface area contributed by atoms with Gasteiger partial charge in [0.25, 0.3) is 0 Å². The molecule has 0 saturated heterocycles. The number of ether oxygens (including phenoxy) is 2. The second-order valence-electron chi connectivity index (χ2n) is 5.35. The summed E-state index contributed by atoms with van der Waals surface area (Å²) in [7, 11) is 1.67. The van der Waals surface area contributed by atoms with E-state index in [1.54, 1.807) is 7.11 Å². The van der Waals surface area contributed by atoms with Gasteiger partial charge in [-0.1, -0.05) is 25.3 Å². The quantitative estimate of drug-likeness (QED) is 0.853. The molecular formula is C16H25NO2. The average Bonchev–Trinajstić information content (AvgIpc) is 2.46. The Morgan fingerprint density at radius 2 is 1.95 bits per heavy atom. The molecule has 1 aromatic carbocycles. The van der Waals surface area contributed by atoms with Crippen LogP contribution >= 0.6 is 0 Å². The largest absolute Gasteiger partial charge is 0.497 e. The van der Waals surface area contributed by atoms with Crippen molar-refractivity contribution in [2.24, 2.45) is 0 Å². The summed E-state index contributed by atoms with van der Waals surface area (Å²) in [4.78, 5) is 0. The molecule has 0 heterocycles. The maximum absolute atomic E-state index is 5.91. The van der Waals surface area contributed by atoms with Crippen LogP contribution in [0.15, 0.2) is 24.3 Å². The first-order valence-corrected chi connectivity index (χ1v) is 7.32. The van der Waals surface area contributed by atoms with E-state index in [9.17, 15) is 0 Å². The van der Waals surface area contributed by atoms with Crippen LogP contribution in [0.5, 0.6) is 11.5 Å². The molecule has 0 aliphatic heterocycles. The molecule has 1 N–H and O–H groups in total. The van der Waals surface area contributed by atoms with E-state index in [0.717, 1.165) is 18.0 Å². The monoisotopic (exact) mass is 263 g/mol. The minimum absolute atomic E-state index is 0.175. The highest BCUT2D eigenvalue weighted by molar-refractivity contribution is 5.32. The molecule has 3 nitrogen and oxygen atoms in total. The maximum Gasteiger partial charge on any atom is 0.123 e. The summed E-state index contributed by atoms with van der Waals surface area (Å²) in [5.41, 5.74) is 0. The van der Waals surface area contributed by atoms with Crippen LogP contribution in [0.25, 0.3) is 0 Å². The van der Waals surface area contributed by atoms with Crippen molar-refractivity contribution in [2.45, 2.75) is 51.2 Å². The lowest BCUT2D eigenvalue weighted by atomic mass is 9.95. The molecule has 1 fully saturated rings. The van der Waals surface area contributed by atoms with Gasteiger partial charge in [-0.2, -0.15) is 0 Å². The Morgan fingerprint density at radius 1 is 1.21 bits per heavy atom. The zero-order chi connectivity index (χ0) is 13.5. The van der Waals surface area contributed by atoms with E-state index < -0.39 is 0 Å². The summed E-state index contributed by atoms with van der Waals surface area (Å²) in [5.74, 6) is 1.71. The highest BCUT2D eigenvalue weighted by Crippen LogP contribution is 2.20. The summed E-state index contributed by atoms with van der Waals surface area (Å²) < 4.78 is 11.1. The summed E-state index contributed by atoms with van der Waals surface area (Å²) in [6, 6.07) is 8.47. The molecule has 2 rings (SSSR count). The SMILES string of the molecule is COc1cccc(OC(C)CNC2CCCCC2)c1. The van der Waals surface area contributed by atoms with E-state index in [2.05, 4.69) is 12.2 Å². The van der Waals surface area contributed by atoms with Crippen LogP contribution in [-0.2, 0) is 0 Å². The third-order valence-electron chi connectivity index (χ3n) is 3.68. The molecule has 0 spiro atoms. The lowest BCUT2D eigenvalue weighted by Gasteiger charge is -2.25. The number of methoxy groups -OCH3 is 1. The van der Waals surface area contributed by atoms with Crippen LogP contribution in [0.3, 0.4) is 0 Å². The van der Waals surface area contributed by atoms with Crippen molar-refractivity contribution in [2.75, 3.05) is 13.7 Å². The Hall–Kier alpha value is -1.22. The smallest absolute Gasteiger partial charge is 0.123 e. The number of rotatable bonds is 6. The van der Waals surface area contributed by atoms with Gasteiger partial charge in [0.15, 0.2) is 0 Å². The Balaban J connectivity index is 1.75. The molecule has 0 aromatic heterocycles. The minimum atomic E-state index is 0.175. The molecule has 1 aromatic rings. The Kier molecular flexibility index (Phi) is 5.52. The molecule has 106 valence electrons. The fraction of sp³-hybridized carbons (Fsp3) is 0.625. The molecule has 1 unspecified atom stereocenters. The van der Waals surface area contributed by atoms with Crippen molar-refractivity contribution in [1.29, 1.82) is 0 Å². The van der Waals surface area contributed by atoms with Crippen molar-refractivity contribution in [3.63, 3.8) is 0 Å². The van der Waals surface area contributed by atoms with Crippen LogP contribution in [0, 0.1) is 0 Å². The number of hydrogen-bond acceptors (Lipinski definition) is 3. The third kappa shape index (κ3) is 4.75. The van der Waals surface area contributed by atoms with E-state index >= 15 is 0 Å². The van der Waals surface area contributed by atoms with Gasteiger partial charge in [0.2, 0.25) is 0 Å². The van der Waals surface area contributed by atoms with Gasteiger partial charge in [-0.3, -0.25) is 0 Å². The van der Waals surface area contributed by atoms with Gasteiger partial charge >= 0.3 is 0 Å². The normalized spacial score (nSPS) is 18.0. The van der Waals surface area contributed by atoms with Crippen molar-refractivity contribution in [3.05, 3.63) is 24.3 Å². The summed E-state index contributed by atoms with van der Waals surface area (Å²) in [5, 5.41) is 3.61. The fourth-order valence-corrected chi connectivity index (χ4v) is 2.59. The first kappa shape index (κ1) is 14.2. The van der Waals surface area contributed by atoms with Crippen LogP contribution in [0.1, 0.15) is 39.0 Å². The van der Waals surface area contributed by atoms with Crippen LogP contribution < -0.4 is 14.8 Å². The second kappa shape index (κ2) is 7.39.